The molecule has 0 spiro atoms. The van der Waals surface area contributed by atoms with Gasteiger partial charge in [0.2, 0.25) is 0 Å². The number of para-hydroxylation sites is 1. The zero-order valence-electron chi connectivity index (χ0n) is 9.44. The fourth-order valence-corrected chi connectivity index (χ4v) is 2.61. The number of aromatic nitrogens is 2. The smallest absolute Gasteiger partial charge is 0.0790 e. The molecule has 0 radical (unpaired) electrons. The van der Waals surface area contributed by atoms with Gasteiger partial charge in [0.25, 0.3) is 0 Å². The van der Waals surface area contributed by atoms with Crippen molar-refractivity contribution in [1.29, 1.82) is 0 Å². The van der Waals surface area contributed by atoms with Crippen LogP contribution in [-0.2, 0) is 6.54 Å². The second-order valence-corrected chi connectivity index (χ2v) is 5.25. The summed E-state index contributed by atoms with van der Waals surface area (Å²) in [6.45, 7) is 0.566. The van der Waals surface area contributed by atoms with E-state index in [2.05, 4.69) is 27.1 Å². The van der Waals surface area contributed by atoms with Gasteiger partial charge in [0.1, 0.15) is 0 Å². The van der Waals surface area contributed by atoms with Crippen LogP contribution < -0.4 is 5.73 Å². The quantitative estimate of drug-likeness (QED) is 0.945. The Bertz CT molecular complexity index is 543. The van der Waals surface area contributed by atoms with E-state index in [9.17, 15) is 0 Å². The molecule has 1 fully saturated rings. The van der Waals surface area contributed by atoms with Crippen molar-refractivity contribution in [2.24, 2.45) is 5.73 Å². The summed E-state index contributed by atoms with van der Waals surface area (Å²) in [5.74, 6) is 0.642. The maximum Gasteiger partial charge on any atom is 0.0790 e. The molecule has 0 saturated heterocycles. The highest BCUT2D eigenvalue weighted by Gasteiger charge is 2.30. The van der Waals surface area contributed by atoms with Crippen LogP contribution in [0.1, 0.15) is 30.0 Å². The lowest BCUT2D eigenvalue weighted by Gasteiger charge is -2.09. The third-order valence-corrected chi connectivity index (χ3v) is 3.82. The number of nitrogens with two attached hydrogens (primary N) is 1. The van der Waals surface area contributed by atoms with E-state index in [0.29, 0.717) is 12.5 Å². The second kappa shape index (κ2) is 4.27. The molecule has 2 N–H and O–H groups in total. The van der Waals surface area contributed by atoms with Gasteiger partial charge in [0.15, 0.2) is 0 Å². The highest BCUT2D eigenvalue weighted by atomic mass is 79.9. The molecule has 0 atom stereocenters. The normalized spacial score (nSPS) is 15.2. The van der Waals surface area contributed by atoms with E-state index < -0.39 is 0 Å². The van der Waals surface area contributed by atoms with E-state index in [4.69, 9.17) is 5.73 Å². The molecule has 17 heavy (non-hydrogen) atoms. The van der Waals surface area contributed by atoms with Crippen LogP contribution in [0.5, 0.6) is 0 Å². The van der Waals surface area contributed by atoms with Gasteiger partial charge in [-0.2, -0.15) is 5.10 Å². The third kappa shape index (κ3) is 1.91. The van der Waals surface area contributed by atoms with Crippen LogP contribution in [0.15, 0.2) is 34.9 Å². The molecule has 1 aliphatic carbocycles. The van der Waals surface area contributed by atoms with E-state index >= 15 is 0 Å². The molecule has 0 amide bonds. The van der Waals surface area contributed by atoms with Crippen molar-refractivity contribution in [2.75, 3.05) is 0 Å². The van der Waals surface area contributed by atoms with E-state index in [-0.39, 0.29) is 0 Å². The van der Waals surface area contributed by atoms with Crippen molar-refractivity contribution in [1.82, 2.24) is 9.78 Å². The minimum absolute atomic E-state index is 0.566. The second-order valence-electron chi connectivity index (χ2n) is 4.40. The summed E-state index contributed by atoms with van der Waals surface area (Å²) in [4.78, 5) is 0. The van der Waals surface area contributed by atoms with Gasteiger partial charge >= 0.3 is 0 Å². The zero-order chi connectivity index (χ0) is 11.8. The van der Waals surface area contributed by atoms with Crippen LogP contribution in [0, 0.1) is 0 Å². The summed E-state index contributed by atoms with van der Waals surface area (Å²) in [5.41, 5.74) is 9.33. The van der Waals surface area contributed by atoms with Crippen LogP contribution in [0.2, 0.25) is 0 Å². The Morgan fingerprint density at radius 1 is 1.35 bits per heavy atom. The first-order valence-electron chi connectivity index (χ1n) is 5.83. The highest BCUT2D eigenvalue weighted by Crippen LogP contribution is 2.42. The van der Waals surface area contributed by atoms with Gasteiger partial charge in [-0.25, -0.2) is 4.68 Å². The molecule has 0 aliphatic heterocycles. The topological polar surface area (TPSA) is 43.8 Å². The summed E-state index contributed by atoms with van der Waals surface area (Å²) >= 11 is 3.58. The summed E-state index contributed by atoms with van der Waals surface area (Å²) in [7, 11) is 0. The molecule has 0 unspecified atom stereocenters. The Kier molecular flexibility index (Phi) is 2.76. The van der Waals surface area contributed by atoms with E-state index in [1.165, 1.54) is 24.1 Å². The van der Waals surface area contributed by atoms with Crippen LogP contribution in [0.3, 0.4) is 0 Å². The van der Waals surface area contributed by atoms with Gasteiger partial charge in [-0.15, -0.1) is 0 Å². The maximum absolute atomic E-state index is 5.78. The lowest BCUT2D eigenvalue weighted by Crippen LogP contribution is -2.05. The van der Waals surface area contributed by atoms with Crippen molar-refractivity contribution in [3.05, 3.63) is 46.2 Å². The number of nitrogens with zero attached hydrogens (tertiary/aromatic N) is 2. The van der Waals surface area contributed by atoms with Gasteiger partial charge in [0.05, 0.1) is 17.6 Å². The van der Waals surface area contributed by atoms with Gasteiger partial charge in [-0.05, 0) is 40.9 Å². The van der Waals surface area contributed by atoms with Crippen molar-refractivity contribution in [3.8, 4) is 5.69 Å². The summed E-state index contributed by atoms with van der Waals surface area (Å²) in [6, 6.07) is 8.15. The Morgan fingerprint density at radius 3 is 2.76 bits per heavy atom. The van der Waals surface area contributed by atoms with Crippen LogP contribution in [-0.4, -0.2) is 9.78 Å². The Balaban J connectivity index is 2.14. The molecule has 1 aromatic carbocycles. The predicted molar refractivity (Wildman–Crippen MR) is 71.1 cm³/mol. The van der Waals surface area contributed by atoms with Crippen molar-refractivity contribution in [3.63, 3.8) is 0 Å². The first kappa shape index (κ1) is 11.0. The highest BCUT2D eigenvalue weighted by molar-refractivity contribution is 9.10. The number of benzene rings is 1. The molecule has 88 valence electrons. The summed E-state index contributed by atoms with van der Waals surface area (Å²) < 4.78 is 3.10. The molecule has 2 aromatic rings. The van der Waals surface area contributed by atoms with Crippen LogP contribution in [0.4, 0.5) is 0 Å². The van der Waals surface area contributed by atoms with Gasteiger partial charge in [-0.1, -0.05) is 12.1 Å². The summed E-state index contributed by atoms with van der Waals surface area (Å²) in [6.07, 6.45) is 4.40. The molecule has 4 heteroatoms. The first-order chi connectivity index (χ1) is 8.31. The monoisotopic (exact) mass is 291 g/mol. The van der Waals surface area contributed by atoms with Crippen molar-refractivity contribution in [2.45, 2.75) is 25.3 Å². The average molecular weight is 292 g/mol. The lowest BCUT2D eigenvalue weighted by molar-refractivity contribution is 0.798. The Morgan fingerprint density at radius 2 is 2.12 bits per heavy atom. The fourth-order valence-electron chi connectivity index (χ4n) is 2.16. The largest absolute Gasteiger partial charge is 0.326 e. The van der Waals surface area contributed by atoms with Gasteiger partial charge < -0.3 is 5.73 Å². The predicted octanol–water partition coefficient (Wildman–Crippen LogP) is 2.97. The molecule has 3 rings (SSSR count). The van der Waals surface area contributed by atoms with Gasteiger partial charge in [-0.3, -0.25) is 0 Å². The van der Waals surface area contributed by atoms with Crippen LogP contribution >= 0.6 is 15.9 Å². The standard InChI is InChI=1S/C13H14BrN3/c14-11-3-1-2-4-12(11)17-13(9-5-6-9)10(7-15)8-16-17/h1-4,8-9H,5-7,15H2. The number of halogens is 1. The molecular weight excluding hydrogens is 278 g/mol. The number of hydrogen-bond acceptors (Lipinski definition) is 2. The van der Waals surface area contributed by atoms with Crippen LogP contribution in [0.25, 0.3) is 5.69 Å². The molecule has 1 aromatic heterocycles. The third-order valence-electron chi connectivity index (χ3n) is 3.15. The Labute approximate surface area is 109 Å². The van der Waals surface area contributed by atoms with Gasteiger partial charge in [0, 0.05) is 22.5 Å². The van der Waals surface area contributed by atoms with E-state index in [0.717, 1.165) is 10.2 Å². The fraction of sp³-hybridized carbons (Fsp3) is 0.308. The van der Waals surface area contributed by atoms with Crippen molar-refractivity contribution < 1.29 is 0 Å². The molecular formula is C13H14BrN3. The average Bonchev–Trinajstić information content (AvgIpc) is 3.10. The Hall–Kier alpha value is -1.13. The molecule has 1 saturated carbocycles. The van der Waals surface area contributed by atoms with E-state index in [1.807, 2.05) is 29.1 Å². The minimum atomic E-state index is 0.566. The number of rotatable bonds is 3. The zero-order valence-corrected chi connectivity index (χ0v) is 11.0. The molecule has 3 nitrogen and oxygen atoms in total. The minimum Gasteiger partial charge on any atom is -0.326 e. The summed E-state index contributed by atoms with van der Waals surface area (Å²) in [5, 5.41) is 4.49. The molecule has 1 aliphatic rings. The molecule has 0 bridgehead atoms. The lowest BCUT2D eigenvalue weighted by atomic mass is 10.1. The SMILES string of the molecule is NCc1cnn(-c2ccccc2Br)c1C1CC1. The van der Waals surface area contributed by atoms with E-state index in [1.54, 1.807) is 0 Å². The molecule has 1 heterocycles. The first-order valence-corrected chi connectivity index (χ1v) is 6.62. The number of hydrogen-bond donors (Lipinski definition) is 1. The maximum atomic E-state index is 5.78. The van der Waals surface area contributed by atoms with Crippen molar-refractivity contribution >= 4 is 15.9 Å².